The van der Waals surface area contributed by atoms with Crippen LogP contribution in [0, 0.1) is 5.82 Å². The Morgan fingerprint density at radius 2 is 2.04 bits per heavy atom. The average molecular weight is 372 g/mol. The van der Waals surface area contributed by atoms with Crippen molar-refractivity contribution in [2.45, 2.75) is 6.42 Å². The van der Waals surface area contributed by atoms with Gasteiger partial charge in [0.2, 0.25) is 5.95 Å². The predicted octanol–water partition coefficient (Wildman–Crippen LogP) is 3.42. The number of nitrogens with two attached hydrogens (primary N) is 1. The van der Waals surface area contributed by atoms with E-state index in [4.69, 9.17) is 5.73 Å². The third-order valence-electron chi connectivity index (χ3n) is 3.77. The molecule has 0 bridgehead atoms. The van der Waals surface area contributed by atoms with Gasteiger partial charge in [-0.3, -0.25) is 0 Å². The van der Waals surface area contributed by atoms with Crippen LogP contribution in [0.1, 0.15) is 4.88 Å². The van der Waals surface area contributed by atoms with Gasteiger partial charge in [-0.25, -0.2) is 9.37 Å². The van der Waals surface area contributed by atoms with Gasteiger partial charge in [0.05, 0.1) is 24.2 Å². The molecule has 0 fully saturated rings. The van der Waals surface area contributed by atoms with Crippen molar-refractivity contribution in [2.75, 3.05) is 41.5 Å². The van der Waals surface area contributed by atoms with Crippen LogP contribution in [0.5, 0.6) is 0 Å². The lowest BCUT2D eigenvalue weighted by Crippen LogP contribution is -2.27. The summed E-state index contributed by atoms with van der Waals surface area (Å²) in [6, 6.07) is 10.7. The number of aromatic nitrogens is 2. The number of benzene rings is 1. The van der Waals surface area contributed by atoms with Gasteiger partial charge in [-0.05, 0) is 30.0 Å². The van der Waals surface area contributed by atoms with Crippen LogP contribution in [-0.2, 0) is 6.42 Å². The van der Waals surface area contributed by atoms with Gasteiger partial charge in [0.1, 0.15) is 5.82 Å². The van der Waals surface area contributed by atoms with Gasteiger partial charge in [-0.15, -0.1) is 11.3 Å². The van der Waals surface area contributed by atoms with Crippen molar-refractivity contribution in [3.8, 4) is 0 Å². The fourth-order valence-electron chi connectivity index (χ4n) is 2.41. The summed E-state index contributed by atoms with van der Waals surface area (Å²) < 4.78 is 13.7. The molecular weight excluding hydrogens is 351 g/mol. The molecule has 0 aliphatic heterocycles. The van der Waals surface area contributed by atoms with E-state index in [1.54, 1.807) is 35.7 Å². The van der Waals surface area contributed by atoms with Crippen LogP contribution in [-0.4, -0.2) is 30.2 Å². The average Bonchev–Trinajstić information content (AvgIpc) is 3.15. The summed E-state index contributed by atoms with van der Waals surface area (Å²) >= 11 is 1.73. The van der Waals surface area contributed by atoms with E-state index in [0.29, 0.717) is 29.8 Å². The van der Waals surface area contributed by atoms with Crippen LogP contribution in [0.15, 0.2) is 48.0 Å². The van der Waals surface area contributed by atoms with Crippen molar-refractivity contribution in [1.29, 1.82) is 0 Å². The first-order valence-corrected chi connectivity index (χ1v) is 9.10. The number of nitrogen functional groups attached to an aromatic ring is 1. The van der Waals surface area contributed by atoms with Crippen LogP contribution >= 0.6 is 11.3 Å². The number of nitrogens with one attached hydrogen (secondary N) is 2. The molecule has 0 aliphatic carbocycles. The summed E-state index contributed by atoms with van der Waals surface area (Å²) in [5, 5.41) is 8.31. The Labute approximate surface area is 155 Å². The quantitative estimate of drug-likeness (QED) is 0.526. The monoisotopic (exact) mass is 372 g/mol. The molecule has 4 N–H and O–H groups in total. The van der Waals surface area contributed by atoms with Gasteiger partial charge in [0, 0.05) is 18.5 Å². The highest BCUT2D eigenvalue weighted by Gasteiger charge is 2.10. The van der Waals surface area contributed by atoms with Crippen LogP contribution in [0.25, 0.3) is 0 Å². The molecule has 26 heavy (non-hydrogen) atoms. The molecule has 0 saturated heterocycles. The fourth-order valence-corrected chi connectivity index (χ4v) is 3.12. The zero-order chi connectivity index (χ0) is 18.4. The van der Waals surface area contributed by atoms with Gasteiger partial charge in [0.15, 0.2) is 5.82 Å². The lowest BCUT2D eigenvalue weighted by Gasteiger charge is -2.21. The topological polar surface area (TPSA) is 79.1 Å². The Bertz CT molecular complexity index is 839. The maximum atomic E-state index is 13.7. The van der Waals surface area contributed by atoms with Crippen molar-refractivity contribution in [1.82, 2.24) is 9.97 Å². The molecule has 2 aromatic heterocycles. The number of hydrogen-bond donors (Lipinski definition) is 3. The maximum Gasteiger partial charge on any atom is 0.224 e. The standard InChI is InChI=1S/C18H21FN6S/c1-25(12-23-16-7-3-2-6-14(16)19)17-15(20)11-22-18(24-17)21-9-8-13-5-4-10-26-13/h2-7,10-11,23H,8-9,12,20H2,1H3,(H,21,22,24). The van der Waals surface area contributed by atoms with E-state index in [2.05, 4.69) is 32.0 Å². The Kier molecular flexibility index (Phi) is 5.85. The summed E-state index contributed by atoms with van der Waals surface area (Å²) in [4.78, 5) is 11.8. The summed E-state index contributed by atoms with van der Waals surface area (Å²) in [6.07, 6.45) is 2.49. The molecule has 0 saturated carbocycles. The van der Waals surface area contributed by atoms with Crippen molar-refractivity contribution in [2.24, 2.45) is 0 Å². The minimum absolute atomic E-state index is 0.299. The minimum atomic E-state index is -0.299. The second-order valence-electron chi connectivity index (χ2n) is 5.74. The zero-order valence-electron chi connectivity index (χ0n) is 14.4. The van der Waals surface area contributed by atoms with Gasteiger partial charge in [-0.2, -0.15) is 4.98 Å². The first-order valence-electron chi connectivity index (χ1n) is 8.22. The Balaban J connectivity index is 1.60. The molecule has 0 spiro atoms. The highest BCUT2D eigenvalue weighted by molar-refractivity contribution is 7.09. The maximum absolute atomic E-state index is 13.7. The molecular formula is C18H21FN6S. The molecule has 136 valence electrons. The highest BCUT2D eigenvalue weighted by atomic mass is 32.1. The molecule has 0 unspecified atom stereocenters. The molecule has 0 radical (unpaired) electrons. The largest absolute Gasteiger partial charge is 0.394 e. The molecule has 6 nitrogen and oxygen atoms in total. The van der Waals surface area contributed by atoms with Crippen molar-refractivity contribution >= 4 is 34.5 Å². The summed E-state index contributed by atoms with van der Waals surface area (Å²) in [7, 11) is 1.84. The first-order chi connectivity index (χ1) is 12.6. The normalized spacial score (nSPS) is 10.5. The van der Waals surface area contributed by atoms with Gasteiger partial charge >= 0.3 is 0 Å². The number of rotatable bonds is 8. The Morgan fingerprint density at radius 3 is 2.81 bits per heavy atom. The van der Waals surface area contributed by atoms with E-state index in [0.717, 1.165) is 13.0 Å². The first kappa shape index (κ1) is 17.9. The molecule has 2 heterocycles. The van der Waals surface area contributed by atoms with E-state index < -0.39 is 0 Å². The van der Waals surface area contributed by atoms with E-state index in [1.165, 1.54) is 10.9 Å². The number of anilines is 4. The molecule has 3 rings (SSSR count). The van der Waals surface area contributed by atoms with Crippen molar-refractivity contribution in [3.63, 3.8) is 0 Å². The van der Waals surface area contributed by atoms with Crippen LogP contribution in [0.4, 0.5) is 27.5 Å². The van der Waals surface area contributed by atoms with Gasteiger partial charge in [-0.1, -0.05) is 18.2 Å². The molecule has 3 aromatic rings. The number of halogens is 1. The second-order valence-corrected chi connectivity index (χ2v) is 6.77. The Hall–Kier alpha value is -2.87. The van der Waals surface area contributed by atoms with Crippen LogP contribution < -0.4 is 21.3 Å². The van der Waals surface area contributed by atoms with Crippen LogP contribution in [0.2, 0.25) is 0 Å². The van der Waals surface area contributed by atoms with E-state index >= 15 is 0 Å². The molecule has 1 aromatic carbocycles. The van der Waals surface area contributed by atoms with E-state index in [9.17, 15) is 4.39 Å². The number of hydrogen-bond acceptors (Lipinski definition) is 7. The molecule has 8 heteroatoms. The molecule has 0 atom stereocenters. The SMILES string of the molecule is CN(CNc1ccccc1F)c1nc(NCCc2cccs2)ncc1N. The summed E-state index contributed by atoms with van der Waals surface area (Å²) in [6.45, 7) is 1.10. The lowest BCUT2D eigenvalue weighted by atomic mass is 10.3. The smallest absolute Gasteiger partial charge is 0.224 e. The summed E-state index contributed by atoms with van der Waals surface area (Å²) in [5.74, 6) is 0.804. The number of nitrogens with zero attached hydrogens (tertiary/aromatic N) is 3. The number of thiophene rings is 1. The summed E-state index contributed by atoms with van der Waals surface area (Å²) in [5.41, 5.74) is 6.90. The third kappa shape index (κ3) is 4.60. The zero-order valence-corrected chi connectivity index (χ0v) is 15.3. The predicted molar refractivity (Wildman–Crippen MR) is 106 cm³/mol. The van der Waals surface area contributed by atoms with Crippen molar-refractivity contribution < 1.29 is 4.39 Å². The number of para-hydroxylation sites is 1. The second kappa shape index (κ2) is 8.48. The highest BCUT2D eigenvalue weighted by Crippen LogP contribution is 2.20. The van der Waals surface area contributed by atoms with Gasteiger partial charge < -0.3 is 21.3 Å². The molecule has 0 amide bonds. The van der Waals surface area contributed by atoms with E-state index in [1.807, 2.05) is 18.0 Å². The van der Waals surface area contributed by atoms with E-state index in [-0.39, 0.29) is 5.82 Å². The minimum Gasteiger partial charge on any atom is -0.394 e. The fraction of sp³-hybridized carbons (Fsp3) is 0.222. The lowest BCUT2D eigenvalue weighted by molar-refractivity contribution is 0.630. The van der Waals surface area contributed by atoms with Crippen LogP contribution in [0.3, 0.4) is 0 Å². The molecule has 0 aliphatic rings. The third-order valence-corrected chi connectivity index (χ3v) is 4.71. The van der Waals surface area contributed by atoms with Crippen molar-refractivity contribution in [3.05, 3.63) is 58.7 Å². The Morgan fingerprint density at radius 1 is 1.19 bits per heavy atom. The van der Waals surface area contributed by atoms with Gasteiger partial charge in [0.25, 0.3) is 0 Å².